The summed E-state index contributed by atoms with van der Waals surface area (Å²) in [4.78, 5) is 32.9. The van der Waals surface area contributed by atoms with Crippen molar-refractivity contribution in [3.05, 3.63) is 0 Å². The van der Waals surface area contributed by atoms with Gasteiger partial charge < -0.3 is 18.4 Å². The van der Waals surface area contributed by atoms with Crippen molar-refractivity contribution in [3.63, 3.8) is 0 Å². The fourth-order valence-electron chi connectivity index (χ4n) is 1.39. The van der Waals surface area contributed by atoms with Gasteiger partial charge in [0, 0.05) is 32.8 Å². The Hall–Kier alpha value is -1.28. The first kappa shape index (κ1) is 14.8. The number of ether oxygens (including phenoxy) is 3. The van der Waals surface area contributed by atoms with Crippen LogP contribution >= 0.6 is 12.0 Å². The maximum Gasteiger partial charge on any atom is 0.303 e. The van der Waals surface area contributed by atoms with E-state index in [1.54, 1.807) is 0 Å². The number of carbonyl (C=O) groups is 3. The van der Waals surface area contributed by atoms with Gasteiger partial charge in [-0.25, -0.2) is 0 Å². The molecule has 1 saturated heterocycles. The summed E-state index contributed by atoms with van der Waals surface area (Å²) in [6, 6.07) is 0. The highest BCUT2D eigenvalue weighted by Crippen LogP contribution is 2.29. The molecular weight excluding hydrogens is 264 g/mol. The van der Waals surface area contributed by atoms with Gasteiger partial charge in [0.05, 0.1) is 0 Å². The second-order valence-corrected chi connectivity index (χ2v) is 4.47. The van der Waals surface area contributed by atoms with E-state index in [1.165, 1.54) is 20.8 Å². The van der Waals surface area contributed by atoms with Crippen LogP contribution in [0.4, 0.5) is 0 Å². The van der Waals surface area contributed by atoms with Gasteiger partial charge in [-0.05, 0) is 0 Å². The third kappa shape index (κ3) is 4.53. The second-order valence-electron chi connectivity index (χ2n) is 3.58. The van der Waals surface area contributed by atoms with Crippen molar-refractivity contribution in [2.45, 2.75) is 38.4 Å². The van der Waals surface area contributed by atoms with Crippen LogP contribution in [-0.2, 0) is 32.8 Å². The molecule has 0 aromatic heterocycles. The summed E-state index contributed by atoms with van der Waals surface area (Å²) in [5.74, 6) is -1.64. The monoisotopic (exact) mass is 278 g/mol. The van der Waals surface area contributed by atoms with E-state index < -0.39 is 35.6 Å². The van der Waals surface area contributed by atoms with Crippen LogP contribution in [0.15, 0.2) is 0 Å². The summed E-state index contributed by atoms with van der Waals surface area (Å²) in [5, 5.41) is 0. The number of hydrogen-bond acceptors (Lipinski definition) is 8. The Morgan fingerprint density at radius 3 is 2.06 bits per heavy atom. The van der Waals surface area contributed by atoms with E-state index in [2.05, 4.69) is 0 Å². The molecule has 0 aliphatic carbocycles. The quantitative estimate of drug-likeness (QED) is 0.417. The third-order valence-corrected chi connectivity index (χ3v) is 2.76. The maximum atomic E-state index is 11.0. The molecule has 1 fully saturated rings. The SMILES string of the molecule is CC(=O)OC1COSC(OC(C)=O)C1OC(C)=O. The predicted molar refractivity (Wildman–Crippen MR) is 60.2 cm³/mol. The van der Waals surface area contributed by atoms with Gasteiger partial charge in [-0.2, -0.15) is 0 Å². The lowest BCUT2D eigenvalue weighted by Crippen LogP contribution is -2.48. The molecule has 0 N–H and O–H groups in total. The summed E-state index contributed by atoms with van der Waals surface area (Å²) in [7, 11) is 0. The van der Waals surface area contributed by atoms with E-state index in [-0.39, 0.29) is 6.61 Å². The van der Waals surface area contributed by atoms with Crippen molar-refractivity contribution >= 4 is 30.0 Å². The molecule has 0 aromatic rings. The first-order chi connectivity index (χ1) is 8.40. The molecule has 1 aliphatic heterocycles. The number of esters is 3. The Bertz CT molecular complexity index is 319. The fourth-order valence-corrected chi connectivity index (χ4v) is 2.25. The first-order valence-electron chi connectivity index (χ1n) is 5.20. The topological polar surface area (TPSA) is 88.1 Å². The van der Waals surface area contributed by atoms with Crippen LogP contribution in [0, 0.1) is 0 Å². The van der Waals surface area contributed by atoms with Crippen molar-refractivity contribution in [3.8, 4) is 0 Å². The van der Waals surface area contributed by atoms with Gasteiger partial charge in [-0.15, -0.1) is 0 Å². The van der Waals surface area contributed by atoms with Crippen LogP contribution in [0.3, 0.4) is 0 Å². The zero-order valence-corrected chi connectivity index (χ0v) is 11.0. The lowest BCUT2D eigenvalue weighted by molar-refractivity contribution is -0.181. The molecule has 0 bridgehead atoms. The zero-order valence-electron chi connectivity index (χ0n) is 10.2. The standard InChI is InChI=1S/C10H14O7S/c1-5(11)15-8-4-14-18-10(17-7(3)13)9(8)16-6(2)12/h8-10H,4H2,1-3H3. The van der Waals surface area contributed by atoms with Crippen molar-refractivity contribution in [1.82, 2.24) is 0 Å². The molecule has 3 unspecified atom stereocenters. The summed E-state index contributed by atoms with van der Waals surface area (Å²) >= 11 is 0.861. The highest BCUT2D eigenvalue weighted by atomic mass is 32.2. The molecule has 18 heavy (non-hydrogen) atoms. The average molecular weight is 278 g/mol. The molecule has 7 nitrogen and oxygen atoms in total. The van der Waals surface area contributed by atoms with E-state index in [0.717, 1.165) is 12.0 Å². The first-order valence-corrected chi connectivity index (χ1v) is 6.00. The van der Waals surface area contributed by atoms with Crippen molar-refractivity contribution in [1.29, 1.82) is 0 Å². The van der Waals surface area contributed by atoms with Gasteiger partial charge in [-0.1, -0.05) is 0 Å². The Balaban J connectivity index is 2.78. The van der Waals surface area contributed by atoms with E-state index in [9.17, 15) is 14.4 Å². The van der Waals surface area contributed by atoms with Gasteiger partial charge in [0.25, 0.3) is 0 Å². The third-order valence-electron chi connectivity index (χ3n) is 1.93. The van der Waals surface area contributed by atoms with Gasteiger partial charge in [0.2, 0.25) is 5.44 Å². The molecule has 3 atom stereocenters. The lowest BCUT2D eigenvalue weighted by Gasteiger charge is -2.34. The van der Waals surface area contributed by atoms with Gasteiger partial charge in [-0.3, -0.25) is 14.4 Å². The van der Waals surface area contributed by atoms with Gasteiger partial charge in [0.15, 0.2) is 12.2 Å². The van der Waals surface area contributed by atoms with Crippen LogP contribution in [0.5, 0.6) is 0 Å². The van der Waals surface area contributed by atoms with Gasteiger partial charge in [0.1, 0.15) is 6.61 Å². The van der Waals surface area contributed by atoms with Crippen LogP contribution in [0.1, 0.15) is 20.8 Å². The van der Waals surface area contributed by atoms with E-state index in [4.69, 9.17) is 18.4 Å². The fraction of sp³-hybridized carbons (Fsp3) is 0.700. The van der Waals surface area contributed by atoms with Crippen LogP contribution in [-0.4, -0.2) is 42.2 Å². The Labute approximate surface area is 108 Å². The second kappa shape index (κ2) is 6.60. The van der Waals surface area contributed by atoms with E-state index in [0.29, 0.717) is 0 Å². The molecule has 1 heterocycles. The van der Waals surface area contributed by atoms with E-state index in [1.807, 2.05) is 0 Å². The van der Waals surface area contributed by atoms with Crippen LogP contribution in [0.2, 0.25) is 0 Å². The number of carbonyl (C=O) groups excluding carboxylic acids is 3. The molecule has 0 radical (unpaired) electrons. The summed E-state index contributed by atoms with van der Waals surface area (Å²) in [6.45, 7) is 3.73. The minimum Gasteiger partial charge on any atom is -0.456 e. The van der Waals surface area contributed by atoms with Crippen molar-refractivity contribution in [2.24, 2.45) is 0 Å². The minimum atomic E-state index is -0.881. The molecule has 0 saturated carbocycles. The average Bonchev–Trinajstić information content (AvgIpc) is 2.20. The molecule has 0 amide bonds. The van der Waals surface area contributed by atoms with Crippen LogP contribution < -0.4 is 0 Å². The highest BCUT2D eigenvalue weighted by Gasteiger charge is 2.42. The summed E-state index contributed by atoms with van der Waals surface area (Å²) in [6.07, 6.45) is -1.67. The van der Waals surface area contributed by atoms with Crippen molar-refractivity contribution in [2.75, 3.05) is 6.61 Å². The predicted octanol–water partition coefficient (Wildman–Crippen LogP) is 0.417. The summed E-state index contributed by atoms with van der Waals surface area (Å²) < 4.78 is 20.0. The molecule has 102 valence electrons. The van der Waals surface area contributed by atoms with Gasteiger partial charge >= 0.3 is 17.9 Å². The molecule has 0 spiro atoms. The normalized spacial score (nSPS) is 27.2. The molecule has 1 aliphatic rings. The lowest BCUT2D eigenvalue weighted by atomic mass is 10.2. The minimum absolute atomic E-state index is 0.0555. The molecule has 8 heteroatoms. The van der Waals surface area contributed by atoms with E-state index >= 15 is 0 Å². The Morgan fingerprint density at radius 1 is 1.00 bits per heavy atom. The summed E-state index contributed by atoms with van der Waals surface area (Å²) in [5.41, 5.74) is -0.857. The molecule has 1 rings (SSSR count). The van der Waals surface area contributed by atoms with Crippen LogP contribution in [0.25, 0.3) is 0 Å². The Morgan fingerprint density at radius 2 is 1.56 bits per heavy atom. The Kier molecular flexibility index (Phi) is 5.42. The van der Waals surface area contributed by atoms with Crippen molar-refractivity contribution < 1.29 is 32.8 Å². The number of rotatable bonds is 3. The molecular formula is C10H14O7S. The maximum absolute atomic E-state index is 11.0. The zero-order chi connectivity index (χ0) is 13.7. The highest BCUT2D eigenvalue weighted by molar-refractivity contribution is 7.95. The largest absolute Gasteiger partial charge is 0.456 e. The smallest absolute Gasteiger partial charge is 0.303 e. The number of hydrogen-bond donors (Lipinski definition) is 0. The molecule has 0 aromatic carbocycles.